The number of benzene rings is 2. The van der Waals surface area contributed by atoms with Gasteiger partial charge < -0.3 is 31.3 Å². The number of aromatic amines is 1. The van der Waals surface area contributed by atoms with Crippen molar-refractivity contribution in [2.45, 2.75) is 19.5 Å². The van der Waals surface area contributed by atoms with E-state index in [9.17, 15) is 18.8 Å². The molecule has 4 rings (SSSR count). The SMILES string of the molecule is COc1ccc(F)cc1C(=O)NCc1ccc(-c2nn(C(C)C=O)c(N)c2C(N)=O)c2cc[nH]c12. The van der Waals surface area contributed by atoms with Gasteiger partial charge in [0.05, 0.1) is 18.2 Å². The Balaban J connectivity index is 1.71. The monoisotopic (exact) mass is 478 g/mol. The van der Waals surface area contributed by atoms with Crippen LogP contribution in [0.3, 0.4) is 0 Å². The first-order valence-electron chi connectivity index (χ1n) is 10.6. The van der Waals surface area contributed by atoms with Gasteiger partial charge in [0.15, 0.2) is 0 Å². The third-order valence-corrected chi connectivity index (χ3v) is 5.69. The molecule has 0 spiro atoms. The van der Waals surface area contributed by atoms with Gasteiger partial charge in [0, 0.05) is 23.7 Å². The van der Waals surface area contributed by atoms with Gasteiger partial charge in [0.1, 0.15) is 41.0 Å². The Morgan fingerprint density at radius 1 is 1.29 bits per heavy atom. The number of fused-ring (bicyclic) bond motifs is 1. The first-order chi connectivity index (χ1) is 16.8. The zero-order chi connectivity index (χ0) is 25.3. The summed E-state index contributed by atoms with van der Waals surface area (Å²) in [5.41, 5.74) is 14.0. The number of nitrogen functional groups attached to an aromatic ring is 1. The minimum atomic E-state index is -0.772. The number of hydrogen-bond acceptors (Lipinski definition) is 6. The number of hydrogen-bond donors (Lipinski definition) is 4. The summed E-state index contributed by atoms with van der Waals surface area (Å²) in [4.78, 5) is 39.3. The molecular weight excluding hydrogens is 455 g/mol. The summed E-state index contributed by atoms with van der Waals surface area (Å²) in [5, 5.41) is 7.86. The van der Waals surface area contributed by atoms with Gasteiger partial charge in [-0.3, -0.25) is 9.59 Å². The predicted octanol–water partition coefficient (Wildman–Crippen LogP) is 2.55. The molecule has 0 fully saturated rings. The number of methoxy groups -OCH3 is 1. The normalized spacial score (nSPS) is 11.9. The number of amides is 2. The van der Waals surface area contributed by atoms with Crippen LogP contribution in [-0.2, 0) is 11.3 Å². The van der Waals surface area contributed by atoms with Crippen molar-refractivity contribution < 1.29 is 23.5 Å². The van der Waals surface area contributed by atoms with Crippen LogP contribution in [0.1, 0.15) is 39.2 Å². The predicted molar refractivity (Wildman–Crippen MR) is 127 cm³/mol. The molecule has 1 unspecified atom stereocenters. The van der Waals surface area contributed by atoms with Crippen LogP contribution in [0.4, 0.5) is 10.2 Å². The molecule has 0 saturated carbocycles. The number of halogens is 1. The molecule has 0 saturated heterocycles. The van der Waals surface area contributed by atoms with E-state index < -0.39 is 23.7 Å². The summed E-state index contributed by atoms with van der Waals surface area (Å²) < 4.78 is 20.1. The molecular formula is C24H23FN6O4. The largest absolute Gasteiger partial charge is 0.496 e. The molecule has 4 aromatic rings. The molecule has 0 bridgehead atoms. The van der Waals surface area contributed by atoms with Crippen LogP contribution in [0.15, 0.2) is 42.6 Å². The molecule has 0 aliphatic heterocycles. The van der Waals surface area contributed by atoms with Crippen LogP contribution >= 0.6 is 0 Å². The smallest absolute Gasteiger partial charge is 0.255 e. The van der Waals surface area contributed by atoms with Gasteiger partial charge in [0.2, 0.25) is 0 Å². The number of nitrogens with two attached hydrogens (primary N) is 2. The number of anilines is 1. The Bertz CT molecular complexity index is 1460. The first-order valence-corrected chi connectivity index (χ1v) is 10.6. The number of nitrogens with one attached hydrogen (secondary N) is 2. The number of ether oxygens (including phenoxy) is 1. The lowest BCUT2D eigenvalue weighted by Gasteiger charge is -2.11. The Hall–Kier alpha value is -4.67. The van der Waals surface area contributed by atoms with Gasteiger partial charge in [-0.05, 0) is 36.8 Å². The highest BCUT2D eigenvalue weighted by Gasteiger charge is 2.25. The second kappa shape index (κ2) is 9.29. The van der Waals surface area contributed by atoms with E-state index in [1.165, 1.54) is 23.9 Å². The molecule has 1 atom stereocenters. The van der Waals surface area contributed by atoms with Crippen molar-refractivity contribution in [1.82, 2.24) is 20.1 Å². The fraction of sp³-hybridized carbons (Fsp3) is 0.167. The molecule has 11 heteroatoms. The molecule has 35 heavy (non-hydrogen) atoms. The van der Waals surface area contributed by atoms with Crippen molar-refractivity contribution in [2.24, 2.45) is 5.73 Å². The quantitative estimate of drug-likeness (QED) is 0.285. The van der Waals surface area contributed by atoms with E-state index in [0.29, 0.717) is 22.8 Å². The van der Waals surface area contributed by atoms with Gasteiger partial charge in [-0.2, -0.15) is 5.10 Å². The van der Waals surface area contributed by atoms with E-state index in [1.54, 1.807) is 31.3 Å². The minimum Gasteiger partial charge on any atom is -0.496 e. The first kappa shape index (κ1) is 23.5. The van der Waals surface area contributed by atoms with Gasteiger partial charge in [-0.25, -0.2) is 9.07 Å². The molecule has 180 valence electrons. The van der Waals surface area contributed by atoms with Gasteiger partial charge in [-0.15, -0.1) is 0 Å². The number of carbonyl (C=O) groups excluding carboxylic acids is 3. The minimum absolute atomic E-state index is 0.00355. The van der Waals surface area contributed by atoms with Crippen molar-refractivity contribution in [3.63, 3.8) is 0 Å². The van der Waals surface area contributed by atoms with Crippen LogP contribution in [0.2, 0.25) is 0 Å². The van der Waals surface area contributed by atoms with E-state index >= 15 is 0 Å². The fourth-order valence-corrected chi connectivity index (χ4v) is 3.95. The average Bonchev–Trinajstić information content (AvgIpc) is 3.47. The third-order valence-electron chi connectivity index (χ3n) is 5.69. The zero-order valence-corrected chi connectivity index (χ0v) is 19.0. The maximum atomic E-state index is 13.7. The summed E-state index contributed by atoms with van der Waals surface area (Å²) in [5.74, 6) is -1.58. The number of rotatable bonds is 8. The van der Waals surface area contributed by atoms with E-state index in [0.717, 1.165) is 11.6 Å². The van der Waals surface area contributed by atoms with Crippen LogP contribution in [0, 0.1) is 5.82 Å². The van der Waals surface area contributed by atoms with E-state index in [4.69, 9.17) is 16.2 Å². The Kier molecular flexibility index (Phi) is 6.24. The highest BCUT2D eigenvalue weighted by atomic mass is 19.1. The van der Waals surface area contributed by atoms with Crippen LogP contribution in [-0.4, -0.2) is 40.0 Å². The van der Waals surface area contributed by atoms with E-state index in [1.807, 2.05) is 0 Å². The summed E-state index contributed by atoms with van der Waals surface area (Å²) >= 11 is 0. The molecule has 0 aliphatic rings. The summed E-state index contributed by atoms with van der Waals surface area (Å²) in [6, 6.07) is 8.27. The highest BCUT2D eigenvalue weighted by molar-refractivity contribution is 6.07. The van der Waals surface area contributed by atoms with Crippen LogP contribution in [0.5, 0.6) is 5.75 Å². The topological polar surface area (TPSA) is 158 Å². The van der Waals surface area contributed by atoms with Gasteiger partial charge in [0.25, 0.3) is 11.8 Å². The van der Waals surface area contributed by atoms with E-state index in [2.05, 4.69) is 15.4 Å². The number of primary amides is 1. The second-order valence-corrected chi connectivity index (χ2v) is 7.86. The van der Waals surface area contributed by atoms with Crippen LogP contribution in [0.25, 0.3) is 22.2 Å². The van der Waals surface area contributed by atoms with Crippen molar-refractivity contribution in [2.75, 3.05) is 12.8 Å². The Morgan fingerprint density at radius 2 is 2.06 bits per heavy atom. The lowest BCUT2D eigenvalue weighted by Crippen LogP contribution is -2.23. The summed E-state index contributed by atoms with van der Waals surface area (Å²) in [6.45, 7) is 1.72. The summed E-state index contributed by atoms with van der Waals surface area (Å²) in [6.07, 6.45) is 2.36. The number of nitrogens with zero attached hydrogens (tertiary/aromatic N) is 2. The molecule has 0 aliphatic carbocycles. The molecule has 2 amide bonds. The number of aldehydes is 1. The Labute approximate surface area is 199 Å². The van der Waals surface area contributed by atoms with Crippen LogP contribution < -0.4 is 21.5 Å². The number of H-pyrrole nitrogens is 1. The maximum absolute atomic E-state index is 13.7. The standard InChI is InChI=1S/C24H23FN6O4/c1-12(11-32)31-22(26)19(23(27)33)21(30-31)15-5-3-13(20-16(15)7-8-28-20)10-29-24(34)17-9-14(25)4-6-18(17)35-2/h3-9,11-12,28H,10,26H2,1-2H3,(H2,27,33)(H,29,34). The fourth-order valence-electron chi connectivity index (χ4n) is 3.95. The second-order valence-electron chi connectivity index (χ2n) is 7.86. The summed E-state index contributed by atoms with van der Waals surface area (Å²) in [7, 11) is 1.40. The lowest BCUT2D eigenvalue weighted by atomic mass is 10.00. The lowest BCUT2D eigenvalue weighted by molar-refractivity contribution is -0.110. The molecule has 0 radical (unpaired) electrons. The molecule has 2 aromatic carbocycles. The zero-order valence-electron chi connectivity index (χ0n) is 19.0. The number of aromatic nitrogens is 3. The Morgan fingerprint density at radius 3 is 2.74 bits per heavy atom. The molecule has 10 nitrogen and oxygen atoms in total. The maximum Gasteiger partial charge on any atom is 0.255 e. The molecule has 6 N–H and O–H groups in total. The van der Waals surface area contributed by atoms with E-state index in [-0.39, 0.29) is 34.9 Å². The van der Waals surface area contributed by atoms with Crippen molar-refractivity contribution in [3.05, 3.63) is 65.1 Å². The van der Waals surface area contributed by atoms with Gasteiger partial charge in [-0.1, -0.05) is 12.1 Å². The number of carbonyl (C=O) groups is 3. The van der Waals surface area contributed by atoms with Crippen molar-refractivity contribution >= 4 is 34.8 Å². The highest BCUT2D eigenvalue weighted by Crippen LogP contribution is 2.34. The molecule has 2 aromatic heterocycles. The van der Waals surface area contributed by atoms with Crippen molar-refractivity contribution in [1.29, 1.82) is 0 Å². The van der Waals surface area contributed by atoms with Gasteiger partial charge >= 0.3 is 0 Å². The third kappa shape index (κ3) is 4.19. The average molecular weight is 478 g/mol. The molecule has 2 heterocycles. The van der Waals surface area contributed by atoms with Crippen molar-refractivity contribution in [3.8, 4) is 17.0 Å².